The summed E-state index contributed by atoms with van der Waals surface area (Å²) in [5.41, 5.74) is 0.410. The Morgan fingerprint density at radius 2 is 1.92 bits per heavy atom. The number of alkyl carbamates (subject to hydrolysis) is 1. The number of amides is 3. The van der Waals surface area contributed by atoms with Crippen molar-refractivity contribution in [3.05, 3.63) is 53.7 Å². The monoisotopic (exact) mass is 513 g/mol. The third-order valence-corrected chi connectivity index (χ3v) is 6.33. The maximum Gasteiger partial charge on any atom is 0.407 e. The van der Waals surface area contributed by atoms with Gasteiger partial charge in [-0.2, -0.15) is 4.52 Å². The van der Waals surface area contributed by atoms with Crippen molar-refractivity contribution in [3.8, 4) is 0 Å². The fourth-order valence-corrected chi connectivity index (χ4v) is 4.59. The third kappa shape index (κ3) is 5.27. The minimum absolute atomic E-state index is 0.271. The Labute approximate surface area is 212 Å². The van der Waals surface area contributed by atoms with Gasteiger partial charge in [0.1, 0.15) is 23.6 Å². The zero-order valence-electron chi connectivity index (χ0n) is 20.9. The summed E-state index contributed by atoms with van der Waals surface area (Å²) >= 11 is 0. The number of benzene rings is 1. The van der Waals surface area contributed by atoms with Gasteiger partial charge in [-0.3, -0.25) is 5.32 Å². The Morgan fingerprint density at radius 3 is 2.68 bits per heavy atom. The minimum Gasteiger partial charge on any atom is -0.442 e. The molecule has 196 valence electrons. The van der Waals surface area contributed by atoms with Crippen molar-refractivity contribution >= 4 is 29.4 Å². The van der Waals surface area contributed by atoms with Crippen LogP contribution in [0.4, 0.5) is 30.0 Å². The zero-order valence-corrected chi connectivity index (χ0v) is 20.9. The number of rotatable bonds is 4. The van der Waals surface area contributed by atoms with E-state index < -0.39 is 23.3 Å². The first kappa shape index (κ1) is 24.7. The Kier molecular flexibility index (Phi) is 6.34. The van der Waals surface area contributed by atoms with Gasteiger partial charge in [0.25, 0.3) is 0 Å². The number of aromatic nitrogens is 3. The number of fused-ring (bicyclic) bond motifs is 1. The van der Waals surface area contributed by atoms with E-state index in [1.54, 1.807) is 12.1 Å². The number of urea groups is 1. The van der Waals surface area contributed by atoms with Crippen molar-refractivity contribution in [2.45, 2.75) is 51.3 Å². The number of hydrogen-bond acceptors (Lipinski definition) is 6. The Hall–Kier alpha value is -3.96. The summed E-state index contributed by atoms with van der Waals surface area (Å²) in [5, 5.41) is 10.2. The number of imidazole rings is 1. The van der Waals surface area contributed by atoms with Gasteiger partial charge in [0.05, 0.1) is 25.3 Å². The van der Waals surface area contributed by atoms with Crippen LogP contribution < -0.4 is 15.5 Å². The van der Waals surface area contributed by atoms with Crippen LogP contribution in [-0.2, 0) is 4.74 Å². The van der Waals surface area contributed by atoms with E-state index in [-0.39, 0.29) is 31.3 Å². The Balaban J connectivity index is 1.26. The first-order valence-electron chi connectivity index (χ1n) is 12.2. The highest BCUT2D eigenvalue weighted by Gasteiger charge is 2.35. The fourth-order valence-electron chi connectivity index (χ4n) is 4.59. The summed E-state index contributed by atoms with van der Waals surface area (Å²) in [6.45, 7) is 6.74. The van der Waals surface area contributed by atoms with Gasteiger partial charge in [0, 0.05) is 17.6 Å². The number of nitrogens with one attached hydrogen (secondary N) is 2. The lowest BCUT2D eigenvalue weighted by atomic mass is 10.0. The molecule has 2 fully saturated rings. The van der Waals surface area contributed by atoms with Crippen LogP contribution >= 0.6 is 0 Å². The molecular formula is C25H29F2N7O3. The lowest BCUT2D eigenvalue weighted by molar-refractivity contribution is 0.00770. The molecule has 12 heteroatoms. The van der Waals surface area contributed by atoms with Gasteiger partial charge in [-0.1, -0.05) is 0 Å². The molecule has 0 unspecified atom stereocenters. The molecule has 5 rings (SSSR count). The van der Waals surface area contributed by atoms with Gasteiger partial charge in [-0.05, 0) is 63.9 Å². The highest BCUT2D eigenvalue weighted by Crippen LogP contribution is 2.36. The van der Waals surface area contributed by atoms with E-state index in [9.17, 15) is 18.4 Å². The molecule has 2 saturated heterocycles. The van der Waals surface area contributed by atoms with Crippen LogP contribution in [0.2, 0.25) is 0 Å². The zero-order chi connectivity index (χ0) is 26.3. The van der Waals surface area contributed by atoms with Gasteiger partial charge in [-0.15, -0.1) is 5.10 Å². The van der Waals surface area contributed by atoms with Crippen LogP contribution in [0.3, 0.4) is 0 Å². The summed E-state index contributed by atoms with van der Waals surface area (Å²) in [5.74, 6) is -0.0128. The molecule has 0 aliphatic carbocycles. The summed E-state index contributed by atoms with van der Waals surface area (Å²) < 4.78 is 35.2. The molecular weight excluding hydrogens is 484 g/mol. The van der Waals surface area contributed by atoms with Crippen molar-refractivity contribution < 1.29 is 23.1 Å². The summed E-state index contributed by atoms with van der Waals surface area (Å²) in [6.07, 6.45) is 2.08. The van der Waals surface area contributed by atoms with E-state index in [1.165, 1.54) is 21.7 Å². The standard InChI is InChI=1S/C25H29F2N7O3/c1-25(2,3)30-24(36)37-16-13-32(14-16)23(35)29-22-12-28-20-8-9-21(31-34(20)22)33-10-4-5-19(33)17-11-15(26)6-7-18(17)27/h6-9,11-12,16,19H,4-5,10,13-14H2,1-3H3,(H,29,35)(H,30,36)/t19-/m1/s1. The normalized spacial score (nSPS) is 18.1. The van der Waals surface area contributed by atoms with E-state index in [1.807, 2.05) is 25.7 Å². The maximum absolute atomic E-state index is 14.5. The van der Waals surface area contributed by atoms with Gasteiger partial charge in [-0.25, -0.2) is 23.4 Å². The van der Waals surface area contributed by atoms with Gasteiger partial charge in [0.2, 0.25) is 0 Å². The van der Waals surface area contributed by atoms with E-state index in [0.717, 1.165) is 18.6 Å². The van der Waals surface area contributed by atoms with Crippen molar-refractivity contribution in [1.29, 1.82) is 0 Å². The molecule has 2 aliphatic rings. The summed E-state index contributed by atoms with van der Waals surface area (Å²) in [4.78, 5) is 32.4. The number of nitrogens with zero attached hydrogens (tertiary/aromatic N) is 5. The smallest absolute Gasteiger partial charge is 0.407 e. The molecule has 2 aromatic heterocycles. The van der Waals surface area contributed by atoms with E-state index in [2.05, 4.69) is 20.7 Å². The second-order valence-corrected chi connectivity index (χ2v) is 10.4. The number of hydrogen-bond donors (Lipinski definition) is 2. The number of ether oxygens (including phenoxy) is 1. The molecule has 3 aromatic rings. The SMILES string of the molecule is CC(C)(C)NC(=O)OC1CN(C(=O)Nc2cnc3ccc(N4CCC[C@@H]4c4cc(F)ccc4F)nn23)C1. The molecule has 1 atom stereocenters. The molecule has 3 amide bonds. The van der Waals surface area contributed by atoms with Crippen LogP contribution in [0.15, 0.2) is 36.5 Å². The van der Waals surface area contributed by atoms with Crippen molar-refractivity contribution in [2.24, 2.45) is 0 Å². The number of carbonyl (C=O) groups excluding carboxylic acids is 2. The number of likely N-dealkylation sites (tertiary alicyclic amines) is 1. The predicted molar refractivity (Wildman–Crippen MR) is 132 cm³/mol. The van der Waals surface area contributed by atoms with Crippen molar-refractivity contribution in [2.75, 3.05) is 29.9 Å². The minimum atomic E-state index is -0.519. The predicted octanol–water partition coefficient (Wildman–Crippen LogP) is 4.09. The largest absolute Gasteiger partial charge is 0.442 e. The second kappa shape index (κ2) is 9.49. The molecule has 10 nitrogen and oxygen atoms in total. The van der Waals surface area contributed by atoms with Crippen LogP contribution in [-0.4, -0.2) is 62.9 Å². The maximum atomic E-state index is 14.5. The van der Waals surface area contributed by atoms with Crippen molar-refractivity contribution in [3.63, 3.8) is 0 Å². The van der Waals surface area contributed by atoms with E-state index >= 15 is 0 Å². The molecule has 2 N–H and O–H groups in total. The average Bonchev–Trinajstić information content (AvgIpc) is 3.43. The Bertz CT molecular complexity index is 1330. The second-order valence-electron chi connectivity index (χ2n) is 10.4. The molecule has 2 aliphatic heterocycles. The lowest BCUT2D eigenvalue weighted by Crippen LogP contribution is -2.58. The molecule has 4 heterocycles. The molecule has 37 heavy (non-hydrogen) atoms. The lowest BCUT2D eigenvalue weighted by Gasteiger charge is -2.38. The molecule has 0 radical (unpaired) electrons. The van der Waals surface area contributed by atoms with Gasteiger partial charge < -0.3 is 19.9 Å². The Morgan fingerprint density at radius 1 is 1.14 bits per heavy atom. The first-order chi connectivity index (χ1) is 17.6. The average molecular weight is 514 g/mol. The van der Waals surface area contributed by atoms with Crippen molar-refractivity contribution in [1.82, 2.24) is 24.8 Å². The van der Waals surface area contributed by atoms with Gasteiger partial charge >= 0.3 is 12.1 Å². The van der Waals surface area contributed by atoms with E-state index in [4.69, 9.17) is 4.74 Å². The first-order valence-corrected chi connectivity index (χ1v) is 12.2. The molecule has 1 aromatic carbocycles. The summed E-state index contributed by atoms with van der Waals surface area (Å²) in [7, 11) is 0. The van der Waals surface area contributed by atoms with Crippen LogP contribution in [0.25, 0.3) is 5.65 Å². The quantitative estimate of drug-likeness (QED) is 0.545. The topological polar surface area (TPSA) is 104 Å². The summed E-state index contributed by atoms with van der Waals surface area (Å²) in [6, 6.07) is 6.30. The van der Waals surface area contributed by atoms with Crippen LogP contribution in [0.1, 0.15) is 45.2 Å². The van der Waals surface area contributed by atoms with Crippen LogP contribution in [0.5, 0.6) is 0 Å². The van der Waals surface area contributed by atoms with E-state index in [0.29, 0.717) is 35.8 Å². The highest BCUT2D eigenvalue weighted by molar-refractivity contribution is 5.89. The molecule has 0 saturated carbocycles. The number of anilines is 2. The molecule has 0 bridgehead atoms. The van der Waals surface area contributed by atoms with Gasteiger partial charge in [0.15, 0.2) is 11.5 Å². The highest BCUT2D eigenvalue weighted by atomic mass is 19.1. The fraction of sp³-hybridized carbons (Fsp3) is 0.440. The number of halogens is 2. The third-order valence-electron chi connectivity index (χ3n) is 6.33. The van der Waals surface area contributed by atoms with Crippen LogP contribution in [0, 0.1) is 11.6 Å². The molecule has 0 spiro atoms. The number of carbonyl (C=O) groups is 2.